The summed E-state index contributed by atoms with van der Waals surface area (Å²) >= 11 is 0. The summed E-state index contributed by atoms with van der Waals surface area (Å²) in [5.74, 6) is 0. The molecule has 3 aromatic rings. The quantitative estimate of drug-likeness (QED) is 0.639. The van der Waals surface area contributed by atoms with E-state index in [0.29, 0.717) is 0 Å². The fourth-order valence-corrected chi connectivity index (χ4v) is 2.99. The number of hydrogen-bond acceptors (Lipinski definition) is 2. The largest absolute Gasteiger partial charge is 0.398 e. The number of anilines is 2. The third kappa shape index (κ3) is 1.96. The van der Waals surface area contributed by atoms with Crippen LogP contribution in [0.1, 0.15) is 5.56 Å². The zero-order valence-electron chi connectivity index (χ0n) is 11.6. The van der Waals surface area contributed by atoms with Crippen LogP contribution in [-0.2, 0) is 6.54 Å². The Labute approximate surface area is 124 Å². The number of hydrogen-bond donors (Lipinski definition) is 2. The summed E-state index contributed by atoms with van der Waals surface area (Å²) < 4.78 is 0. The van der Waals surface area contributed by atoms with Gasteiger partial charge in [-0.15, -0.1) is 0 Å². The first-order valence-corrected chi connectivity index (χ1v) is 7.14. The van der Waals surface area contributed by atoms with Crippen molar-refractivity contribution in [3.63, 3.8) is 0 Å². The molecule has 0 aromatic heterocycles. The summed E-state index contributed by atoms with van der Waals surface area (Å²) in [6.07, 6.45) is 0. The van der Waals surface area contributed by atoms with Crippen molar-refractivity contribution in [2.75, 3.05) is 11.1 Å². The van der Waals surface area contributed by atoms with Gasteiger partial charge in [-0.1, -0.05) is 48.5 Å². The second-order valence-electron chi connectivity index (χ2n) is 5.36. The molecule has 0 radical (unpaired) electrons. The number of rotatable bonds is 1. The van der Waals surface area contributed by atoms with Gasteiger partial charge in [0.1, 0.15) is 0 Å². The average Bonchev–Trinajstić information content (AvgIpc) is 2.54. The zero-order valence-corrected chi connectivity index (χ0v) is 11.6. The van der Waals surface area contributed by atoms with Crippen LogP contribution < -0.4 is 11.1 Å². The molecule has 3 N–H and O–H groups in total. The second-order valence-corrected chi connectivity index (χ2v) is 5.36. The summed E-state index contributed by atoms with van der Waals surface area (Å²) in [6.45, 7) is 0.854. The first-order chi connectivity index (χ1) is 10.3. The van der Waals surface area contributed by atoms with Crippen LogP contribution in [0.3, 0.4) is 0 Å². The highest BCUT2D eigenvalue weighted by Crippen LogP contribution is 2.37. The van der Waals surface area contributed by atoms with E-state index in [0.717, 1.165) is 17.8 Å². The van der Waals surface area contributed by atoms with Crippen molar-refractivity contribution in [3.05, 3.63) is 72.3 Å². The summed E-state index contributed by atoms with van der Waals surface area (Å²) in [5.41, 5.74) is 14.3. The molecule has 1 aliphatic rings. The number of benzene rings is 3. The van der Waals surface area contributed by atoms with Crippen LogP contribution in [0.5, 0.6) is 0 Å². The fraction of sp³-hybridized carbons (Fsp3) is 0.0526. The van der Waals surface area contributed by atoms with E-state index in [1.54, 1.807) is 0 Å². The minimum absolute atomic E-state index is 0.821. The van der Waals surface area contributed by atoms with Gasteiger partial charge >= 0.3 is 0 Å². The molecule has 102 valence electrons. The van der Waals surface area contributed by atoms with Crippen molar-refractivity contribution in [1.82, 2.24) is 0 Å². The van der Waals surface area contributed by atoms with Crippen LogP contribution in [0.15, 0.2) is 66.7 Å². The normalized spacial score (nSPS) is 12.2. The first-order valence-electron chi connectivity index (χ1n) is 7.14. The van der Waals surface area contributed by atoms with E-state index in [1.807, 2.05) is 18.2 Å². The standard InChI is InChI=1S/C19H16N2/c20-18-7-3-1-5-16(18)13-9-10-15-14(11-13)12-21-19-8-4-2-6-17(15)19/h1-11,21H,12,20H2. The van der Waals surface area contributed by atoms with Gasteiger partial charge in [0, 0.05) is 29.0 Å². The van der Waals surface area contributed by atoms with Gasteiger partial charge in [0.2, 0.25) is 0 Å². The van der Waals surface area contributed by atoms with E-state index >= 15 is 0 Å². The van der Waals surface area contributed by atoms with Crippen LogP contribution >= 0.6 is 0 Å². The minimum Gasteiger partial charge on any atom is -0.398 e. The molecule has 0 fully saturated rings. The molecule has 1 heterocycles. The number of nitrogen functional groups attached to an aromatic ring is 1. The molecule has 0 saturated heterocycles. The fourth-order valence-electron chi connectivity index (χ4n) is 2.99. The van der Waals surface area contributed by atoms with Crippen LogP contribution in [0.4, 0.5) is 11.4 Å². The molecular formula is C19H16N2. The molecule has 21 heavy (non-hydrogen) atoms. The molecule has 0 saturated carbocycles. The molecule has 0 bridgehead atoms. The van der Waals surface area contributed by atoms with Gasteiger partial charge in [-0.05, 0) is 34.9 Å². The van der Waals surface area contributed by atoms with Gasteiger partial charge in [-0.3, -0.25) is 0 Å². The number of para-hydroxylation sites is 2. The maximum absolute atomic E-state index is 6.09. The molecule has 4 rings (SSSR count). The average molecular weight is 272 g/mol. The topological polar surface area (TPSA) is 38.0 Å². The molecule has 0 amide bonds. The van der Waals surface area contributed by atoms with Crippen LogP contribution in [0.2, 0.25) is 0 Å². The van der Waals surface area contributed by atoms with E-state index < -0.39 is 0 Å². The second kappa shape index (κ2) is 4.67. The van der Waals surface area contributed by atoms with E-state index in [-0.39, 0.29) is 0 Å². The molecule has 0 spiro atoms. The Morgan fingerprint density at radius 3 is 2.38 bits per heavy atom. The Bertz CT molecular complexity index is 821. The Kier molecular flexibility index (Phi) is 2.68. The highest BCUT2D eigenvalue weighted by molar-refractivity contribution is 5.86. The van der Waals surface area contributed by atoms with Gasteiger partial charge in [0.15, 0.2) is 0 Å². The number of nitrogens with two attached hydrogens (primary N) is 1. The predicted molar refractivity (Wildman–Crippen MR) is 89.1 cm³/mol. The van der Waals surface area contributed by atoms with Crippen LogP contribution in [0.25, 0.3) is 22.3 Å². The molecule has 0 aliphatic carbocycles. The van der Waals surface area contributed by atoms with Gasteiger partial charge in [-0.2, -0.15) is 0 Å². The zero-order chi connectivity index (χ0) is 14.2. The van der Waals surface area contributed by atoms with Crippen molar-refractivity contribution in [1.29, 1.82) is 0 Å². The number of fused-ring (bicyclic) bond motifs is 3. The third-order valence-corrected chi connectivity index (χ3v) is 4.06. The van der Waals surface area contributed by atoms with Crippen molar-refractivity contribution in [3.8, 4) is 22.3 Å². The molecule has 2 heteroatoms. The van der Waals surface area contributed by atoms with Crippen molar-refractivity contribution in [2.24, 2.45) is 0 Å². The summed E-state index contributed by atoms with van der Waals surface area (Å²) in [6, 6.07) is 23.1. The van der Waals surface area contributed by atoms with Gasteiger partial charge in [0.05, 0.1) is 0 Å². The Morgan fingerprint density at radius 1 is 0.762 bits per heavy atom. The van der Waals surface area contributed by atoms with Gasteiger partial charge < -0.3 is 11.1 Å². The summed E-state index contributed by atoms with van der Waals surface area (Å²) in [4.78, 5) is 0. The maximum Gasteiger partial charge on any atom is 0.0422 e. The summed E-state index contributed by atoms with van der Waals surface area (Å²) in [5, 5.41) is 3.48. The molecule has 0 unspecified atom stereocenters. The Hall–Kier alpha value is -2.74. The molecule has 0 atom stereocenters. The monoisotopic (exact) mass is 272 g/mol. The maximum atomic E-state index is 6.09. The molecule has 3 aromatic carbocycles. The van der Waals surface area contributed by atoms with Gasteiger partial charge in [0.25, 0.3) is 0 Å². The number of nitrogens with one attached hydrogen (secondary N) is 1. The predicted octanol–water partition coefficient (Wildman–Crippen LogP) is 4.53. The molecular weight excluding hydrogens is 256 g/mol. The van der Waals surface area contributed by atoms with Crippen LogP contribution in [-0.4, -0.2) is 0 Å². The smallest absolute Gasteiger partial charge is 0.0422 e. The van der Waals surface area contributed by atoms with E-state index in [4.69, 9.17) is 5.73 Å². The summed E-state index contributed by atoms with van der Waals surface area (Å²) in [7, 11) is 0. The highest BCUT2D eigenvalue weighted by atomic mass is 14.9. The Morgan fingerprint density at radius 2 is 1.52 bits per heavy atom. The lowest BCUT2D eigenvalue weighted by Crippen LogP contribution is -2.08. The van der Waals surface area contributed by atoms with Gasteiger partial charge in [-0.25, -0.2) is 0 Å². The minimum atomic E-state index is 0.821. The molecule has 1 aliphatic heterocycles. The lowest BCUT2D eigenvalue weighted by Gasteiger charge is -2.22. The highest BCUT2D eigenvalue weighted by Gasteiger charge is 2.15. The van der Waals surface area contributed by atoms with E-state index in [2.05, 4.69) is 53.8 Å². The van der Waals surface area contributed by atoms with Crippen molar-refractivity contribution in [2.45, 2.75) is 6.54 Å². The first kappa shape index (κ1) is 12.0. The lowest BCUT2D eigenvalue weighted by atomic mass is 9.91. The Balaban J connectivity index is 1.86. The third-order valence-electron chi connectivity index (χ3n) is 4.06. The lowest BCUT2D eigenvalue weighted by molar-refractivity contribution is 1.13. The SMILES string of the molecule is Nc1ccccc1-c1ccc2c(c1)CNc1ccccc1-2. The van der Waals surface area contributed by atoms with E-state index in [9.17, 15) is 0 Å². The van der Waals surface area contributed by atoms with Crippen molar-refractivity contribution < 1.29 is 0 Å². The molecule has 2 nitrogen and oxygen atoms in total. The van der Waals surface area contributed by atoms with Crippen LogP contribution in [0, 0.1) is 0 Å². The van der Waals surface area contributed by atoms with Crippen molar-refractivity contribution >= 4 is 11.4 Å². The van der Waals surface area contributed by atoms with E-state index in [1.165, 1.54) is 27.9 Å².